The molecule has 0 spiro atoms. The Morgan fingerprint density at radius 1 is 0.970 bits per heavy atom. The molecule has 0 radical (unpaired) electrons. The SMILES string of the molecule is COc1cc(-c2ccc(C#N)cc2)c(-c2ccc(CN3CCN(C)CC3)cc2)n2cncc12. The Bertz CT molecular complexity index is 1290. The fourth-order valence-corrected chi connectivity index (χ4v) is 4.49. The summed E-state index contributed by atoms with van der Waals surface area (Å²) >= 11 is 0. The minimum Gasteiger partial charge on any atom is -0.494 e. The van der Waals surface area contributed by atoms with Crippen molar-refractivity contribution in [3.05, 3.63) is 78.2 Å². The number of pyridine rings is 1. The van der Waals surface area contributed by atoms with E-state index in [0.717, 1.165) is 66.4 Å². The highest BCUT2D eigenvalue weighted by atomic mass is 16.5. The van der Waals surface area contributed by atoms with Gasteiger partial charge >= 0.3 is 0 Å². The number of nitriles is 1. The number of methoxy groups -OCH3 is 1. The van der Waals surface area contributed by atoms with Crippen LogP contribution in [0.3, 0.4) is 0 Å². The number of fused-ring (bicyclic) bond motifs is 1. The van der Waals surface area contributed by atoms with Gasteiger partial charge in [0, 0.05) is 38.3 Å². The van der Waals surface area contributed by atoms with Crippen LogP contribution in [0.25, 0.3) is 27.9 Å². The monoisotopic (exact) mass is 437 g/mol. The van der Waals surface area contributed by atoms with Crippen molar-refractivity contribution in [2.24, 2.45) is 0 Å². The van der Waals surface area contributed by atoms with E-state index in [4.69, 9.17) is 4.74 Å². The first-order chi connectivity index (χ1) is 16.2. The van der Waals surface area contributed by atoms with Crippen LogP contribution in [-0.4, -0.2) is 59.5 Å². The van der Waals surface area contributed by atoms with Gasteiger partial charge in [-0.05, 0) is 41.9 Å². The molecule has 5 rings (SSSR count). The van der Waals surface area contributed by atoms with Crippen LogP contribution in [0.4, 0.5) is 0 Å². The Hall–Kier alpha value is -3.66. The largest absolute Gasteiger partial charge is 0.494 e. The molecule has 0 aliphatic carbocycles. The standard InChI is InChI=1S/C27H27N5O/c1-30-11-13-31(14-12-30)18-21-5-9-23(10-6-21)27-24(22-7-3-20(16-28)4-8-22)15-26(33-2)25-17-29-19-32(25)27/h3-10,15,17,19H,11-14,18H2,1-2H3. The molecule has 0 amide bonds. The number of aromatic nitrogens is 2. The van der Waals surface area contributed by atoms with Crippen molar-refractivity contribution in [2.45, 2.75) is 6.54 Å². The molecule has 2 aromatic heterocycles. The van der Waals surface area contributed by atoms with Crippen LogP contribution in [0.5, 0.6) is 5.75 Å². The second kappa shape index (κ2) is 9.07. The van der Waals surface area contributed by atoms with Crippen molar-refractivity contribution >= 4 is 5.52 Å². The van der Waals surface area contributed by atoms with Gasteiger partial charge in [0.05, 0.1) is 37.0 Å². The van der Waals surface area contributed by atoms with Crippen molar-refractivity contribution in [3.63, 3.8) is 0 Å². The maximum absolute atomic E-state index is 9.20. The topological polar surface area (TPSA) is 56.8 Å². The minimum absolute atomic E-state index is 0.643. The number of ether oxygens (including phenoxy) is 1. The molecule has 1 aliphatic rings. The van der Waals surface area contributed by atoms with E-state index in [1.165, 1.54) is 5.56 Å². The molecule has 0 N–H and O–H groups in total. The molecule has 1 aliphatic heterocycles. The minimum atomic E-state index is 0.643. The maximum Gasteiger partial charge on any atom is 0.145 e. The summed E-state index contributed by atoms with van der Waals surface area (Å²) in [7, 11) is 3.86. The van der Waals surface area contributed by atoms with Gasteiger partial charge in [0.2, 0.25) is 0 Å². The quantitative estimate of drug-likeness (QED) is 0.466. The van der Waals surface area contributed by atoms with E-state index < -0.39 is 0 Å². The number of hydrogen-bond acceptors (Lipinski definition) is 5. The number of piperazine rings is 1. The maximum atomic E-state index is 9.20. The molecule has 33 heavy (non-hydrogen) atoms. The summed E-state index contributed by atoms with van der Waals surface area (Å²) in [6, 6.07) is 20.8. The molecule has 2 aromatic carbocycles. The van der Waals surface area contributed by atoms with E-state index in [1.54, 1.807) is 7.11 Å². The van der Waals surface area contributed by atoms with Gasteiger partial charge in [-0.1, -0.05) is 36.4 Å². The first-order valence-corrected chi connectivity index (χ1v) is 11.2. The van der Waals surface area contributed by atoms with Gasteiger partial charge in [0.25, 0.3) is 0 Å². The molecule has 1 fully saturated rings. The lowest BCUT2D eigenvalue weighted by Crippen LogP contribution is -2.43. The average Bonchev–Trinajstić information content (AvgIpc) is 3.35. The fraction of sp³-hybridized carbons (Fsp3) is 0.259. The van der Waals surface area contributed by atoms with Crippen LogP contribution >= 0.6 is 0 Å². The number of likely N-dealkylation sites (N-methyl/N-ethyl adjacent to an activating group) is 1. The lowest BCUT2D eigenvalue weighted by molar-refractivity contribution is 0.148. The first-order valence-electron chi connectivity index (χ1n) is 11.2. The van der Waals surface area contributed by atoms with Crippen molar-refractivity contribution in [1.29, 1.82) is 5.26 Å². The van der Waals surface area contributed by atoms with Crippen molar-refractivity contribution in [2.75, 3.05) is 40.3 Å². The molecule has 6 nitrogen and oxygen atoms in total. The van der Waals surface area contributed by atoms with Crippen LogP contribution < -0.4 is 4.74 Å². The zero-order valence-electron chi connectivity index (χ0n) is 19.0. The van der Waals surface area contributed by atoms with E-state index in [-0.39, 0.29) is 0 Å². The van der Waals surface area contributed by atoms with Crippen molar-refractivity contribution in [3.8, 4) is 34.2 Å². The summed E-state index contributed by atoms with van der Waals surface area (Å²) in [5.41, 5.74) is 7.11. The van der Waals surface area contributed by atoms with Gasteiger partial charge in [0.1, 0.15) is 11.3 Å². The summed E-state index contributed by atoms with van der Waals surface area (Å²) in [6.45, 7) is 5.43. The van der Waals surface area contributed by atoms with E-state index in [0.29, 0.717) is 5.56 Å². The normalized spacial score (nSPS) is 14.9. The Labute approximate surface area is 194 Å². The van der Waals surface area contributed by atoms with Gasteiger partial charge in [-0.3, -0.25) is 9.30 Å². The van der Waals surface area contributed by atoms with Crippen LogP contribution in [-0.2, 0) is 6.54 Å². The number of rotatable bonds is 5. The summed E-state index contributed by atoms with van der Waals surface area (Å²) < 4.78 is 7.76. The van der Waals surface area contributed by atoms with Crippen LogP contribution in [0.1, 0.15) is 11.1 Å². The lowest BCUT2D eigenvalue weighted by Gasteiger charge is -2.32. The highest BCUT2D eigenvalue weighted by Gasteiger charge is 2.17. The highest BCUT2D eigenvalue weighted by Crippen LogP contribution is 2.37. The highest BCUT2D eigenvalue weighted by molar-refractivity contribution is 5.86. The van der Waals surface area contributed by atoms with E-state index in [2.05, 4.69) is 62.6 Å². The Morgan fingerprint density at radius 3 is 2.33 bits per heavy atom. The molecule has 166 valence electrons. The summed E-state index contributed by atoms with van der Waals surface area (Å²) in [5, 5.41) is 9.20. The molecule has 3 heterocycles. The zero-order chi connectivity index (χ0) is 22.8. The van der Waals surface area contributed by atoms with Crippen LogP contribution in [0.15, 0.2) is 67.1 Å². The average molecular weight is 438 g/mol. The predicted molar refractivity (Wildman–Crippen MR) is 130 cm³/mol. The lowest BCUT2D eigenvalue weighted by atomic mass is 9.97. The van der Waals surface area contributed by atoms with Crippen LogP contribution in [0.2, 0.25) is 0 Å². The Balaban J connectivity index is 1.55. The third kappa shape index (κ3) is 4.21. The molecule has 0 atom stereocenters. The fourth-order valence-electron chi connectivity index (χ4n) is 4.49. The molecule has 4 aromatic rings. The molecule has 1 saturated heterocycles. The van der Waals surface area contributed by atoms with Gasteiger partial charge in [-0.25, -0.2) is 4.98 Å². The van der Waals surface area contributed by atoms with E-state index in [1.807, 2.05) is 36.8 Å². The second-order valence-corrected chi connectivity index (χ2v) is 8.59. The van der Waals surface area contributed by atoms with Crippen molar-refractivity contribution < 1.29 is 4.74 Å². The number of hydrogen-bond donors (Lipinski definition) is 0. The second-order valence-electron chi connectivity index (χ2n) is 8.59. The molecular formula is C27H27N5O. The third-order valence-corrected chi connectivity index (χ3v) is 6.44. The summed E-state index contributed by atoms with van der Waals surface area (Å²) in [4.78, 5) is 9.28. The van der Waals surface area contributed by atoms with E-state index >= 15 is 0 Å². The van der Waals surface area contributed by atoms with Gasteiger partial charge in [-0.15, -0.1) is 0 Å². The number of nitrogens with zero attached hydrogens (tertiary/aromatic N) is 5. The van der Waals surface area contributed by atoms with Gasteiger partial charge < -0.3 is 9.64 Å². The first kappa shape index (κ1) is 21.2. The van der Waals surface area contributed by atoms with Gasteiger partial charge in [-0.2, -0.15) is 5.26 Å². The summed E-state index contributed by atoms with van der Waals surface area (Å²) in [5.74, 6) is 0.766. The zero-order valence-corrected chi connectivity index (χ0v) is 19.0. The summed E-state index contributed by atoms with van der Waals surface area (Å²) in [6.07, 6.45) is 3.66. The Morgan fingerprint density at radius 2 is 1.67 bits per heavy atom. The van der Waals surface area contributed by atoms with Crippen molar-refractivity contribution in [1.82, 2.24) is 19.2 Å². The Kier molecular flexibility index (Phi) is 5.82. The molecular weight excluding hydrogens is 410 g/mol. The van der Waals surface area contributed by atoms with Gasteiger partial charge in [0.15, 0.2) is 0 Å². The van der Waals surface area contributed by atoms with E-state index in [9.17, 15) is 5.26 Å². The molecule has 0 bridgehead atoms. The molecule has 6 heteroatoms. The molecule has 0 saturated carbocycles. The predicted octanol–water partition coefficient (Wildman–Crippen LogP) is 4.30. The molecule has 0 unspecified atom stereocenters. The van der Waals surface area contributed by atoms with Crippen LogP contribution in [0, 0.1) is 11.3 Å². The number of imidazole rings is 1. The smallest absolute Gasteiger partial charge is 0.145 e. The third-order valence-electron chi connectivity index (χ3n) is 6.44. The number of benzene rings is 2.